The molecule has 0 fully saturated rings. The van der Waals surface area contributed by atoms with Crippen LogP contribution in [0.1, 0.15) is 22.7 Å². The van der Waals surface area contributed by atoms with Crippen LogP contribution in [0.15, 0.2) is 66.7 Å². The Balaban J connectivity index is 1.89. The van der Waals surface area contributed by atoms with Crippen LogP contribution in [-0.4, -0.2) is 4.98 Å². The molecule has 108 valence electrons. The molecule has 4 aromatic rings. The number of aryl methyl sites for hydroxylation is 1. The van der Waals surface area contributed by atoms with Crippen molar-refractivity contribution < 1.29 is 0 Å². The van der Waals surface area contributed by atoms with Crippen molar-refractivity contribution in [2.24, 2.45) is 5.73 Å². The first kappa shape index (κ1) is 13.1. The van der Waals surface area contributed by atoms with E-state index >= 15 is 0 Å². The molecule has 0 aliphatic carbocycles. The molecular weight excluding hydrogens is 268 g/mol. The van der Waals surface area contributed by atoms with Gasteiger partial charge in [0.1, 0.15) is 0 Å². The second kappa shape index (κ2) is 5.00. The summed E-state index contributed by atoms with van der Waals surface area (Å²) in [6, 6.07) is 23.1. The summed E-state index contributed by atoms with van der Waals surface area (Å²) < 4.78 is 0. The highest BCUT2D eigenvalue weighted by molar-refractivity contribution is 6.07. The molecule has 3 aromatic carbocycles. The number of rotatable bonds is 2. The Labute approximate surface area is 129 Å². The van der Waals surface area contributed by atoms with Gasteiger partial charge in [0, 0.05) is 21.8 Å². The van der Waals surface area contributed by atoms with Gasteiger partial charge in [-0.1, -0.05) is 48.5 Å². The predicted molar refractivity (Wildman–Crippen MR) is 93.0 cm³/mol. The van der Waals surface area contributed by atoms with Crippen LogP contribution in [0.25, 0.3) is 21.8 Å². The summed E-state index contributed by atoms with van der Waals surface area (Å²) in [4.78, 5) is 3.45. The quantitative estimate of drug-likeness (QED) is 0.552. The maximum Gasteiger partial charge on any atom is 0.0554 e. The van der Waals surface area contributed by atoms with E-state index in [2.05, 4.69) is 72.6 Å². The van der Waals surface area contributed by atoms with E-state index in [1.54, 1.807) is 0 Å². The second-order valence-electron chi connectivity index (χ2n) is 5.81. The van der Waals surface area contributed by atoms with Gasteiger partial charge in [-0.05, 0) is 41.8 Å². The van der Waals surface area contributed by atoms with Crippen LogP contribution < -0.4 is 5.73 Å². The van der Waals surface area contributed by atoms with Crippen LogP contribution in [0.5, 0.6) is 0 Å². The van der Waals surface area contributed by atoms with Crippen LogP contribution >= 0.6 is 0 Å². The summed E-state index contributed by atoms with van der Waals surface area (Å²) in [6.07, 6.45) is 0. The number of H-pyrrole nitrogens is 1. The first-order valence-corrected chi connectivity index (χ1v) is 7.55. The maximum atomic E-state index is 6.51. The summed E-state index contributed by atoms with van der Waals surface area (Å²) in [5.41, 5.74) is 12.4. The lowest BCUT2D eigenvalue weighted by Gasteiger charge is -2.15. The van der Waals surface area contributed by atoms with Gasteiger partial charge in [0.05, 0.1) is 6.04 Å². The number of nitrogens with two attached hydrogens (primary N) is 1. The van der Waals surface area contributed by atoms with E-state index in [0.29, 0.717) is 0 Å². The molecule has 0 aliphatic rings. The SMILES string of the molecule is Cc1ccccc1C(N)c1ccc2[nH]c3ccccc3c2c1. The molecule has 2 nitrogen and oxygen atoms in total. The fourth-order valence-electron chi connectivity index (χ4n) is 3.17. The van der Waals surface area contributed by atoms with Gasteiger partial charge < -0.3 is 10.7 Å². The Morgan fingerprint density at radius 2 is 1.55 bits per heavy atom. The van der Waals surface area contributed by atoms with Crippen molar-refractivity contribution in [2.45, 2.75) is 13.0 Å². The Kier molecular flexibility index (Phi) is 2.98. The number of fused-ring (bicyclic) bond motifs is 3. The van der Waals surface area contributed by atoms with Gasteiger partial charge in [-0.25, -0.2) is 0 Å². The average molecular weight is 286 g/mol. The zero-order chi connectivity index (χ0) is 15.1. The zero-order valence-electron chi connectivity index (χ0n) is 12.5. The lowest BCUT2D eigenvalue weighted by Crippen LogP contribution is -2.13. The fraction of sp³-hybridized carbons (Fsp3) is 0.100. The minimum absolute atomic E-state index is 0.0979. The average Bonchev–Trinajstić information content (AvgIpc) is 2.92. The Hall–Kier alpha value is -2.58. The van der Waals surface area contributed by atoms with E-state index < -0.39 is 0 Å². The summed E-state index contributed by atoms with van der Waals surface area (Å²) >= 11 is 0. The van der Waals surface area contributed by atoms with Gasteiger partial charge in [0.15, 0.2) is 0 Å². The Morgan fingerprint density at radius 1 is 0.818 bits per heavy atom. The third-order valence-corrected chi connectivity index (χ3v) is 4.41. The number of hydrogen-bond acceptors (Lipinski definition) is 1. The van der Waals surface area contributed by atoms with Crippen LogP contribution in [0.3, 0.4) is 0 Å². The molecule has 4 rings (SSSR count). The number of hydrogen-bond donors (Lipinski definition) is 2. The number of aromatic nitrogens is 1. The monoisotopic (exact) mass is 286 g/mol. The molecule has 0 saturated heterocycles. The summed E-state index contributed by atoms with van der Waals surface area (Å²) in [5.74, 6) is 0. The van der Waals surface area contributed by atoms with Crippen LogP contribution in [0, 0.1) is 6.92 Å². The molecule has 1 heterocycles. The minimum atomic E-state index is -0.0979. The highest BCUT2D eigenvalue weighted by Gasteiger charge is 2.13. The van der Waals surface area contributed by atoms with Gasteiger partial charge in [0.25, 0.3) is 0 Å². The molecule has 1 unspecified atom stereocenters. The van der Waals surface area contributed by atoms with Crippen molar-refractivity contribution in [1.82, 2.24) is 4.98 Å². The number of benzene rings is 3. The first-order chi connectivity index (χ1) is 10.7. The van der Waals surface area contributed by atoms with Crippen molar-refractivity contribution in [3.8, 4) is 0 Å². The van der Waals surface area contributed by atoms with E-state index in [4.69, 9.17) is 5.73 Å². The van der Waals surface area contributed by atoms with Crippen LogP contribution in [0.4, 0.5) is 0 Å². The highest BCUT2D eigenvalue weighted by atomic mass is 14.7. The fourth-order valence-corrected chi connectivity index (χ4v) is 3.17. The maximum absolute atomic E-state index is 6.51. The molecular formula is C20H18N2. The summed E-state index contributed by atoms with van der Waals surface area (Å²) in [5, 5.41) is 2.48. The van der Waals surface area contributed by atoms with Crippen molar-refractivity contribution in [2.75, 3.05) is 0 Å². The van der Waals surface area contributed by atoms with Crippen molar-refractivity contribution in [3.05, 3.63) is 83.4 Å². The lowest BCUT2D eigenvalue weighted by molar-refractivity contribution is 0.863. The van der Waals surface area contributed by atoms with E-state index in [1.165, 1.54) is 27.4 Å². The van der Waals surface area contributed by atoms with Crippen LogP contribution in [-0.2, 0) is 0 Å². The van der Waals surface area contributed by atoms with Gasteiger partial charge >= 0.3 is 0 Å². The van der Waals surface area contributed by atoms with E-state index in [-0.39, 0.29) is 6.04 Å². The van der Waals surface area contributed by atoms with Crippen molar-refractivity contribution >= 4 is 21.8 Å². The molecule has 0 spiro atoms. The van der Waals surface area contributed by atoms with Gasteiger partial charge in [-0.3, -0.25) is 0 Å². The summed E-state index contributed by atoms with van der Waals surface area (Å²) in [7, 11) is 0. The molecule has 2 heteroatoms. The Morgan fingerprint density at radius 3 is 2.41 bits per heavy atom. The van der Waals surface area contributed by atoms with E-state index in [1.807, 2.05) is 6.07 Å². The molecule has 1 atom stereocenters. The zero-order valence-corrected chi connectivity index (χ0v) is 12.5. The number of nitrogens with one attached hydrogen (secondary N) is 1. The first-order valence-electron chi connectivity index (χ1n) is 7.55. The topological polar surface area (TPSA) is 41.8 Å². The van der Waals surface area contributed by atoms with Gasteiger partial charge in [0.2, 0.25) is 0 Å². The van der Waals surface area contributed by atoms with Crippen molar-refractivity contribution in [1.29, 1.82) is 0 Å². The molecule has 22 heavy (non-hydrogen) atoms. The van der Waals surface area contributed by atoms with Gasteiger partial charge in [-0.15, -0.1) is 0 Å². The molecule has 0 amide bonds. The summed E-state index contributed by atoms with van der Waals surface area (Å²) in [6.45, 7) is 2.11. The molecule has 3 N–H and O–H groups in total. The predicted octanol–water partition coefficient (Wildman–Crippen LogP) is 4.68. The molecule has 0 saturated carbocycles. The smallest absolute Gasteiger partial charge is 0.0554 e. The third-order valence-electron chi connectivity index (χ3n) is 4.41. The highest BCUT2D eigenvalue weighted by Crippen LogP contribution is 2.30. The second-order valence-corrected chi connectivity index (χ2v) is 5.81. The third kappa shape index (κ3) is 2.00. The van der Waals surface area contributed by atoms with Crippen LogP contribution in [0.2, 0.25) is 0 Å². The molecule has 0 aliphatic heterocycles. The van der Waals surface area contributed by atoms with E-state index in [0.717, 1.165) is 11.1 Å². The normalized spacial score (nSPS) is 12.8. The lowest BCUT2D eigenvalue weighted by atomic mass is 9.95. The minimum Gasteiger partial charge on any atom is -0.355 e. The Bertz CT molecular complexity index is 966. The molecule has 1 aromatic heterocycles. The number of aromatic amines is 1. The molecule has 0 bridgehead atoms. The van der Waals surface area contributed by atoms with Crippen molar-refractivity contribution in [3.63, 3.8) is 0 Å². The van der Waals surface area contributed by atoms with E-state index in [9.17, 15) is 0 Å². The van der Waals surface area contributed by atoms with Gasteiger partial charge in [-0.2, -0.15) is 0 Å². The molecule has 0 radical (unpaired) electrons. The largest absolute Gasteiger partial charge is 0.355 e. The standard InChI is InChI=1S/C20H18N2/c1-13-6-2-3-7-15(13)20(21)14-10-11-19-17(12-14)16-8-4-5-9-18(16)22-19/h2-12,20,22H,21H2,1H3. The number of para-hydroxylation sites is 1.